The van der Waals surface area contributed by atoms with Crippen molar-refractivity contribution in [3.05, 3.63) is 53.1 Å². The van der Waals surface area contributed by atoms with Crippen LogP contribution in [0.3, 0.4) is 0 Å². The molecule has 0 aliphatic heterocycles. The lowest BCUT2D eigenvalue weighted by atomic mass is 10.1. The minimum absolute atomic E-state index is 0.286. The molecule has 2 N–H and O–H groups in total. The molecule has 0 aliphatic rings. The molecule has 2 aromatic rings. The largest absolute Gasteiger partial charge is 0.336 e. The standard InChI is InChI=1S/C15H21ClN4/c1-12(13-4-3-5-14(16)8-13)19(2)9-15-10-20(7-6-17)11-18-15/h3-5,8,10-12H,6-7,9,17H2,1-2H3. The lowest BCUT2D eigenvalue weighted by Crippen LogP contribution is -2.22. The lowest BCUT2D eigenvalue weighted by Gasteiger charge is -2.24. The molecule has 1 atom stereocenters. The number of nitrogens with zero attached hydrogens (tertiary/aromatic N) is 3. The molecule has 0 fully saturated rings. The van der Waals surface area contributed by atoms with Crippen molar-refractivity contribution in [2.24, 2.45) is 5.73 Å². The van der Waals surface area contributed by atoms with Gasteiger partial charge < -0.3 is 10.3 Å². The molecule has 108 valence electrons. The summed E-state index contributed by atoms with van der Waals surface area (Å²) < 4.78 is 2.02. The van der Waals surface area contributed by atoms with E-state index in [-0.39, 0.29) is 6.04 Å². The van der Waals surface area contributed by atoms with Gasteiger partial charge in [0.15, 0.2) is 0 Å². The van der Waals surface area contributed by atoms with E-state index in [2.05, 4.69) is 29.9 Å². The summed E-state index contributed by atoms with van der Waals surface area (Å²) in [6.45, 7) is 4.40. The molecule has 4 nitrogen and oxygen atoms in total. The summed E-state index contributed by atoms with van der Waals surface area (Å²) in [5.41, 5.74) is 7.80. The SMILES string of the molecule is CC(c1cccc(Cl)c1)N(C)Cc1cn(CCN)cn1. The van der Waals surface area contributed by atoms with Crippen LogP contribution in [0.4, 0.5) is 0 Å². The van der Waals surface area contributed by atoms with E-state index in [1.54, 1.807) is 0 Å². The third kappa shape index (κ3) is 3.82. The molecule has 2 rings (SSSR count). The van der Waals surface area contributed by atoms with Crippen molar-refractivity contribution in [1.82, 2.24) is 14.5 Å². The molecule has 1 unspecified atom stereocenters. The maximum atomic E-state index is 6.05. The third-order valence-electron chi connectivity index (χ3n) is 3.48. The molecule has 1 heterocycles. The second kappa shape index (κ2) is 6.88. The molecular weight excluding hydrogens is 272 g/mol. The Kier molecular flexibility index (Phi) is 5.17. The highest BCUT2D eigenvalue weighted by atomic mass is 35.5. The van der Waals surface area contributed by atoms with Crippen LogP contribution < -0.4 is 5.73 Å². The van der Waals surface area contributed by atoms with E-state index in [1.165, 1.54) is 5.56 Å². The van der Waals surface area contributed by atoms with Gasteiger partial charge >= 0.3 is 0 Å². The Bertz CT molecular complexity index is 552. The Morgan fingerprint density at radius 2 is 2.25 bits per heavy atom. The second-order valence-corrected chi connectivity index (χ2v) is 5.47. The van der Waals surface area contributed by atoms with Gasteiger partial charge in [0, 0.05) is 36.9 Å². The normalized spacial score (nSPS) is 12.8. The molecule has 0 bridgehead atoms. The maximum absolute atomic E-state index is 6.05. The average molecular weight is 293 g/mol. The summed E-state index contributed by atoms with van der Waals surface area (Å²) in [5.74, 6) is 0. The molecule has 0 aliphatic carbocycles. The van der Waals surface area contributed by atoms with Gasteiger partial charge in [0.05, 0.1) is 12.0 Å². The lowest BCUT2D eigenvalue weighted by molar-refractivity contribution is 0.250. The minimum Gasteiger partial charge on any atom is -0.336 e. The molecule has 1 aromatic heterocycles. The topological polar surface area (TPSA) is 47.1 Å². The smallest absolute Gasteiger partial charge is 0.0950 e. The van der Waals surface area contributed by atoms with Crippen LogP contribution in [0.5, 0.6) is 0 Å². The Morgan fingerprint density at radius 3 is 2.95 bits per heavy atom. The van der Waals surface area contributed by atoms with E-state index in [9.17, 15) is 0 Å². The summed E-state index contributed by atoms with van der Waals surface area (Å²) in [7, 11) is 2.09. The Hall–Kier alpha value is -1.36. The van der Waals surface area contributed by atoms with E-state index in [0.717, 1.165) is 23.8 Å². The number of benzene rings is 1. The van der Waals surface area contributed by atoms with E-state index >= 15 is 0 Å². The first-order valence-corrected chi connectivity index (χ1v) is 7.14. The first-order valence-electron chi connectivity index (χ1n) is 6.76. The molecule has 0 radical (unpaired) electrons. The van der Waals surface area contributed by atoms with Crippen LogP contribution in [0.1, 0.15) is 24.2 Å². The van der Waals surface area contributed by atoms with E-state index in [0.29, 0.717) is 6.54 Å². The van der Waals surface area contributed by atoms with Gasteiger partial charge in [-0.2, -0.15) is 0 Å². The van der Waals surface area contributed by atoms with Crippen molar-refractivity contribution in [1.29, 1.82) is 0 Å². The zero-order valence-electron chi connectivity index (χ0n) is 12.0. The number of rotatable bonds is 6. The first-order chi connectivity index (χ1) is 9.60. The Balaban J connectivity index is 2.01. The number of halogens is 1. The number of imidazole rings is 1. The highest BCUT2D eigenvalue weighted by molar-refractivity contribution is 6.30. The van der Waals surface area contributed by atoms with Crippen molar-refractivity contribution in [2.45, 2.75) is 26.1 Å². The van der Waals surface area contributed by atoms with Gasteiger partial charge in [0.1, 0.15) is 0 Å². The molecule has 5 heteroatoms. The summed E-state index contributed by atoms with van der Waals surface area (Å²) in [4.78, 5) is 6.66. The van der Waals surface area contributed by atoms with Crippen LogP contribution >= 0.6 is 11.6 Å². The molecular formula is C15H21ClN4. The van der Waals surface area contributed by atoms with Crippen molar-refractivity contribution in [3.63, 3.8) is 0 Å². The van der Waals surface area contributed by atoms with E-state index in [4.69, 9.17) is 17.3 Å². The number of hydrogen-bond donors (Lipinski definition) is 1. The predicted octanol–water partition coefficient (Wildman–Crippen LogP) is 2.69. The second-order valence-electron chi connectivity index (χ2n) is 5.04. The summed E-state index contributed by atoms with van der Waals surface area (Å²) in [6.07, 6.45) is 3.88. The fourth-order valence-corrected chi connectivity index (χ4v) is 2.37. The highest BCUT2D eigenvalue weighted by Gasteiger charge is 2.13. The predicted molar refractivity (Wildman–Crippen MR) is 82.6 cm³/mol. The molecule has 0 saturated heterocycles. The van der Waals surface area contributed by atoms with Gasteiger partial charge in [-0.25, -0.2) is 4.98 Å². The quantitative estimate of drug-likeness (QED) is 0.890. The summed E-state index contributed by atoms with van der Waals surface area (Å²) >= 11 is 6.05. The zero-order valence-corrected chi connectivity index (χ0v) is 12.7. The van der Waals surface area contributed by atoms with Crippen LogP contribution in [0.25, 0.3) is 0 Å². The molecule has 0 saturated carbocycles. The summed E-state index contributed by atoms with van der Waals surface area (Å²) in [5, 5.41) is 0.773. The molecule has 0 spiro atoms. The fourth-order valence-electron chi connectivity index (χ4n) is 2.17. The Morgan fingerprint density at radius 1 is 1.45 bits per heavy atom. The number of aromatic nitrogens is 2. The van der Waals surface area contributed by atoms with Gasteiger partial charge in [-0.1, -0.05) is 23.7 Å². The molecule has 1 aromatic carbocycles. The molecule has 0 amide bonds. The van der Waals surface area contributed by atoms with E-state index in [1.807, 2.05) is 35.3 Å². The molecule has 20 heavy (non-hydrogen) atoms. The van der Waals surface area contributed by atoms with Crippen LogP contribution in [0.15, 0.2) is 36.8 Å². The minimum atomic E-state index is 0.286. The van der Waals surface area contributed by atoms with Crippen LogP contribution in [0.2, 0.25) is 5.02 Å². The fraction of sp³-hybridized carbons (Fsp3) is 0.400. The highest BCUT2D eigenvalue weighted by Crippen LogP contribution is 2.22. The van der Waals surface area contributed by atoms with Gasteiger partial charge in [-0.05, 0) is 31.7 Å². The first kappa shape index (κ1) is 15.0. The number of nitrogens with two attached hydrogens (primary N) is 1. The van der Waals surface area contributed by atoms with Gasteiger partial charge in [-0.3, -0.25) is 4.90 Å². The van der Waals surface area contributed by atoms with Crippen LogP contribution in [0, 0.1) is 0 Å². The van der Waals surface area contributed by atoms with Crippen LogP contribution in [-0.2, 0) is 13.1 Å². The van der Waals surface area contributed by atoms with Crippen LogP contribution in [-0.4, -0.2) is 28.0 Å². The van der Waals surface area contributed by atoms with Gasteiger partial charge in [0.2, 0.25) is 0 Å². The van der Waals surface area contributed by atoms with Gasteiger partial charge in [0.25, 0.3) is 0 Å². The van der Waals surface area contributed by atoms with Crippen molar-refractivity contribution in [2.75, 3.05) is 13.6 Å². The maximum Gasteiger partial charge on any atom is 0.0950 e. The third-order valence-corrected chi connectivity index (χ3v) is 3.71. The van der Waals surface area contributed by atoms with Crippen molar-refractivity contribution in [3.8, 4) is 0 Å². The monoisotopic (exact) mass is 292 g/mol. The van der Waals surface area contributed by atoms with Crippen molar-refractivity contribution < 1.29 is 0 Å². The zero-order chi connectivity index (χ0) is 14.5. The van der Waals surface area contributed by atoms with Crippen molar-refractivity contribution >= 4 is 11.6 Å². The Labute approximate surface area is 125 Å². The van der Waals surface area contributed by atoms with Gasteiger partial charge in [-0.15, -0.1) is 0 Å². The summed E-state index contributed by atoms with van der Waals surface area (Å²) in [6, 6.07) is 8.27. The average Bonchev–Trinajstić information content (AvgIpc) is 2.85. The van der Waals surface area contributed by atoms with E-state index < -0.39 is 0 Å². The number of hydrogen-bond acceptors (Lipinski definition) is 3.